The van der Waals surface area contributed by atoms with Crippen LogP contribution in [0.1, 0.15) is 31.7 Å². The molecule has 1 aromatic carbocycles. The maximum Gasteiger partial charge on any atom is 0.317 e. The van der Waals surface area contributed by atoms with Crippen LogP contribution in [0.15, 0.2) is 30.3 Å². The van der Waals surface area contributed by atoms with Crippen molar-refractivity contribution in [2.75, 3.05) is 20.1 Å². The predicted octanol–water partition coefficient (Wildman–Crippen LogP) is 2.76. The Kier molecular flexibility index (Phi) is 8.04. The second-order valence-corrected chi connectivity index (χ2v) is 5.65. The van der Waals surface area contributed by atoms with Crippen LogP contribution in [0.3, 0.4) is 0 Å². The van der Waals surface area contributed by atoms with Crippen molar-refractivity contribution in [3.8, 4) is 0 Å². The minimum Gasteiger partial charge on any atom is -0.481 e. The summed E-state index contributed by atoms with van der Waals surface area (Å²) in [6.07, 6.45) is 4.15. The molecule has 1 atom stereocenters. The summed E-state index contributed by atoms with van der Waals surface area (Å²) in [7, 11) is 1.62. The van der Waals surface area contributed by atoms with Gasteiger partial charge in [-0.1, -0.05) is 43.7 Å². The number of amides is 2. The lowest BCUT2D eigenvalue weighted by atomic mass is 10.1. The number of hydrogen-bond acceptors (Lipinski definition) is 2. The second kappa shape index (κ2) is 9.82. The molecule has 0 aliphatic heterocycles. The topological polar surface area (TPSA) is 69.6 Å². The number of carboxylic acid groups (broad SMARTS) is 1. The first-order chi connectivity index (χ1) is 10.5. The molecule has 5 heteroatoms. The first-order valence-electron chi connectivity index (χ1n) is 7.76. The van der Waals surface area contributed by atoms with Crippen LogP contribution in [-0.2, 0) is 11.2 Å². The summed E-state index contributed by atoms with van der Waals surface area (Å²) >= 11 is 0. The number of carbonyl (C=O) groups is 2. The van der Waals surface area contributed by atoms with Crippen molar-refractivity contribution in [1.29, 1.82) is 0 Å². The molecule has 0 saturated carbocycles. The maximum atomic E-state index is 11.8. The molecule has 1 unspecified atom stereocenters. The summed E-state index contributed by atoms with van der Waals surface area (Å²) < 4.78 is 0. The Hall–Kier alpha value is -2.04. The van der Waals surface area contributed by atoms with E-state index in [4.69, 9.17) is 5.11 Å². The van der Waals surface area contributed by atoms with Crippen molar-refractivity contribution >= 4 is 12.0 Å². The Labute approximate surface area is 132 Å². The lowest BCUT2D eigenvalue weighted by molar-refractivity contribution is -0.141. The predicted molar refractivity (Wildman–Crippen MR) is 86.8 cm³/mol. The third-order valence-corrected chi connectivity index (χ3v) is 3.58. The summed E-state index contributed by atoms with van der Waals surface area (Å²) in [6, 6.07) is 10.1. The Morgan fingerprint density at radius 2 is 1.86 bits per heavy atom. The van der Waals surface area contributed by atoms with E-state index in [1.54, 1.807) is 14.0 Å². The van der Waals surface area contributed by atoms with E-state index in [-0.39, 0.29) is 12.6 Å². The van der Waals surface area contributed by atoms with Crippen LogP contribution in [0.25, 0.3) is 0 Å². The summed E-state index contributed by atoms with van der Waals surface area (Å²) in [6.45, 7) is 2.43. The molecule has 122 valence electrons. The zero-order valence-electron chi connectivity index (χ0n) is 13.4. The highest BCUT2D eigenvalue weighted by Gasteiger charge is 2.16. The average molecular weight is 306 g/mol. The normalized spacial score (nSPS) is 11.7. The van der Waals surface area contributed by atoms with Gasteiger partial charge in [-0.3, -0.25) is 4.79 Å². The first kappa shape index (κ1) is 18.0. The molecule has 0 aliphatic carbocycles. The van der Waals surface area contributed by atoms with Crippen LogP contribution in [0.4, 0.5) is 4.79 Å². The van der Waals surface area contributed by atoms with Crippen molar-refractivity contribution in [3.63, 3.8) is 0 Å². The van der Waals surface area contributed by atoms with Gasteiger partial charge in [0.1, 0.15) is 0 Å². The van der Waals surface area contributed by atoms with E-state index in [0.717, 1.165) is 25.7 Å². The van der Waals surface area contributed by atoms with E-state index in [1.165, 1.54) is 10.5 Å². The number of nitrogens with zero attached hydrogens (tertiary/aromatic N) is 1. The number of carbonyl (C=O) groups excluding carboxylic acids is 1. The fourth-order valence-electron chi connectivity index (χ4n) is 2.18. The zero-order chi connectivity index (χ0) is 16.4. The number of urea groups is 1. The van der Waals surface area contributed by atoms with E-state index in [9.17, 15) is 9.59 Å². The third-order valence-electron chi connectivity index (χ3n) is 3.58. The largest absolute Gasteiger partial charge is 0.481 e. The zero-order valence-corrected chi connectivity index (χ0v) is 13.4. The molecule has 22 heavy (non-hydrogen) atoms. The summed E-state index contributed by atoms with van der Waals surface area (Å²) in [5.74, 6) is -1.44. The lowest BCUT2D eigenvalue weighted by Gasteiger charge is -2.19. The molecule has 2 N–H and O–H groups in total. The Morgan fingerprint density at radius 3 is 2.50 bits per heavy atom. The molecule has 2 amide bonds. The molecule has 0 fully saturated rings. The van der Waals surface area contributed by atoms with Crippen molar-refractivity contribution in [3.05, 3.63) is 35.9 Å². The number of aryl methyl sites for hydroxylation is 1. The van der Waals surface area contributed by atoms with E-state index < -0.39 is 11.9 Å². The summed E-state index contributed by atoms with van der Waals surface area (Å²) in [5, 5.41) is 11.6. The van der Waals surface area contributed by atoms with Gasteiger partial charge in [0, 0.05) is 20.1 Å². The van der Waals surface area contributed by atoms with Crippen molar-refractivity contribution in [2.24, 2.45) is 5.92 Å². The molecule has 0 heterocycles. The number of unbranched alkanes of at least 4 members (excludes halogenated alkanes) is 2. The van der Waals surface area contributed by atoms with Crippen molar-refractivity contribution in [2.45, 2.75) is 32.6 Å². The first-order valence-corrected chi connectivity index (χ1v) is 7.76. The molecule has 1 aromatic rings. The molecule has 5 nitrogen and oxygen atoms in total. The van der Waals surface area contributed by atoms with Crippen LogP contribution in [0, 0.1) is 5.92 Å². The van der Waals surface area contributed by atoms with E-state index in [1.807, 2.05) is 18.2 Å². The standard InChI is InChI=1S/C17H26N2O3/c1-14(16(20)21)13-19(2)17(22)18-12-8-4-7-11-15-9-5-3-6-10-15/h3,5-6,9-10,14H,4,7-8,11-13H2,1-2H3,(H,18,22)(H,20,21). The maximum absolute atomic E-state index is 11.8. The fourth-order valence-corrected chi connectivity index (χ4v) is 2.18. The number of hydrogen-bond donors (Lipinski definition) is 2. The van der Waals surface area contributed by atoms with Gasteiger partial charge in [0.05, 0.1) is 5.92 Å². The molecule has 0 radical (unpaired) electrons. The van der Waals surface area contributed by atoms with Gasteiger partial charge in [-0.2, -0.15) is 0 Å². The molecule has 1 rings (SSSR count). The Morgan fingerprint density at radius 1 is 1.18 bits per heavy atom. The molecule has 0 aliphatic rings. The van der Waals surface area contributed by atoms with E-state index in [2.05, 4.69) is 17.4 Å². The summed E-state index contributed by atoms with van der Waals surface area (Å²) in [4.78, 5) is 23.9. The summed E-state index contributed by atoms with van der Waals surface area (Å²) in [5.41, 5.74) is 1.34. The van der Waals surface area contributed by atoms with E-state index in [0.29, 0.717) is 6.54 Å². The minimum atomic E-state index is -0.888. The number of nitrogens with one attached hydrogen (secondary N) is 1. The number of carboxylic acids is 1. The monoisotopic (exact) mass is 306 g/mol. The highest BCUT2D eigenvalue weighted by molar-refractivity contribution is 5.75. The van der Waals surface area contributed by atoms with Gasteiger partial charge in [0.2, 0.25) is 0 Å². The van der Waals surface area contributed by atoms with Gasteiger partial charge in [0.25, 0.3) is 0 Å². The van der Waals surface area contributed by atoms with Gasteiger partial charge < -0.3 is 15.3 Å². The van der Waals surface area contributed by atoms with Crippen molar-refractivity contribution < 1.29 is 14.7 Å². The number of aliphatic carboxylic acids is 1. The SMILES string of the molecule is CC(CN(C)C(=O)NCCCCCc1ccccc1)C(=O)O. The van der Waals surface area contributed by atoms with Gasteiger partial charge in [-0.25, -0.2) is 4.79 Å². The van der Waals surface area contributed by atoms with Gasteiger partial charge in [-0.15, -0.1) is 0 Å². The average Bonchev–Trinajstić information content (AvgIpc) is 2.51. The van der Waals surface area contributed by atoms with Gasteiger partial charge in [0.15, 0.2) is 0 Å². The molecular weight excluding hydrogens is 280 g/mol. The molecule has 0 saturated heterocycles. The molecule has 0 bridgehead atoms. The highest BCUT2D eigenvalue weighted by Crippen LogP contribution is 2.05. The number of benzene rings is 1. The van der Waals surface area contributed by atoms with Crippen LogP contribution in [0.2, 0.25) is 0 Å². The number of rotatable bonds is 9. The quantitative estimate of drug-likeness (QED) is 0.689. The Balaban J connectivity index is 2.08. The van der Waals surface area contributed by atoms with Crippen LogP contribution in [-0.4, -0.2) is 42.1 Å². The second-order valence-electron chi connectivity index (χ2n) is 5.65. The minimum absolute atomic E-state index is 0.212. The van der Waals surface area contributed by atoms with Crippen LogP contribution >= 0.6 is 0 Å². The Bertz CT molecular complexity index is 462. The smallest absolute Gasteiger partial charge is 0.317 e. The van der Waals surface area contributed by atoms with Gasteiger partial charge >= 0.3 is 12.0 Å². The lowest BCUT2D eigenvalue weighted by Crippen LogP contribution is -2.41. The molecular formula is C17H26N2O3. The molecule has 0 aromatic heterocycles. The molecule has 0 spiro atoms. The fraction of sp³-hybridized carbons (Fsp3) is 0.529. The van der Waals surface area contributed by atoms with Gasteiger partial charge in [-0.05, 0) is 24.8 Å². The van der Waals surface area contributed by atoms with E-state index >= 15 is 0 Å². The van der Waals surface area contributed by atoms with Crippen LogP contribution < -0.4 is 5.32 Å². The van der Waals surface area contributed by atoms with Crippen molar-refractivity contribution in [1.82, 2.24) is 10.2 Å². The van der Waals surface area contributed by atoms with Crippen LogP contribution in [0.5, 0.6) is 0 Å². The third kappa shape index (κ3) is 7.11. The highest BCUT2D eigenvalue weighted by atomic mass is 16.4.